The Labute approximate surface area is 121 Å². The van der Waals surface area contributed by atoms with Crippen LogP contribution < -0.4 is 4.74 Å². The molecule has 0 aliphatic carbocycles. The summed E-state index contributed by atoms with van der Waals surface area (Å²) in [6.07, 6.45) is 1.79. The van der Waals surface area contributed by atoms with Crippen LogP contribution in [0.25, 0.3) is 0 Å². The standard InChI is InChI=1S/C17H25NO2/c1-12-5-7-18(8-6-12)17(19)15(4)20-16-10-13(2)9-14(3)11-16/h9-12,15H,5-8H2,1-4H3/t15-/m1/s1. The third-order valence-corrected chi connectivity index (χ3v) is 3.95. The van der Waals surface area contributed by atoms with Crippen LogP contribution in [0.15, 0.2) is 18.2 Å². The summed E-state index contributed by atoms with van der Waals surface area (Å²) in [4.78, 5) is 14.3. The number of carbonyl (C=O) groups is 1. The third kappa shape index (κ3) is 3.75. The van der Waals surface area contributed by atoms with Crippen molar-refractivity contribution < 1.29 is 9.53 Å². The highest BCUT2D eigenvalue weighted by molar-refractivity contribution is 5.81. The lowest BCUT2D eigenvalue weighted by Crippen LogP contribution is -2.44. The Kier molecular flexibility index (Phi) is 4.69. The Balaban J connectivity index is 1.97. The van der Waals surface area contributed by atoms with E-state index in [9.17, 15) is 4.79 Å². The quantitative estimate of drug-likeness (QED) is 0.847. The second kappa shape index (κ2) is 6.29. The third-order valence-electron chi connectivity index (χ3n) is 3.95. The van der Waals surface area contributed by atoms with Crippen molar-refractivity contribution in [1.29, 1.82) is 0 Å². The molecule has 1 aliphatic heterocycles. The lowest BCUT2D eigenvalue weighted by Gasteiger charge is -2.32. The average molecular weight is 275 g/mol. The highest BCUT2D eigenvalue weighted by atomic mass is 16.5. The number of rotatable bonds is 3. The number of benzene rings is 1. The van der Waals surface area contributed by atoms with Crippen LogP contribution in [0.1, 0.15) is 37.8 Å². The van der Waals surface area contributed by atoms with Crippen LogP contribution in [-0.2, 0) is 4.79 Å². The minimum atomic E-state index is -0.412. The number of amides is 1. The molecular weight excluding hydrogens is 250 g/mol. The van der Waals surface area contributed by atoms with Crippen LogP contribution in [0.5, 0.6) is 5.75 Å². The summed E-state index contributed by atoms with van der Waals surface area (Å²) >= 11 is 0. The largest absolute Gasteiger partial charge is 0.481 e. The molecule has 1 saturated heterocycles. The van der Waals surface area contributed by atoms with E-state index in [0.717, 1.165) is 48.7 Å². The van der Waals surface area contributed by atoms with Gasteiger partial charge in [-0.1, -0.05) is 13.0 Å². The van der Waals surface area contributed by atoms with Gasteiger partial charge in [-0.25, -0.2) is 0 Å². The van der Waals surface area contributed by atoms with Gasteiger partial charge in [0.25, 0.3) is 5.91 Å². The van der Waals surface area contributed by atoms with Gasteiger partial charge in [0.1, 0.15) is 5.75 Å². The summed E-state index contributed by atoms with van der Waals surface area (Å²) in [5.41, 5.74) is 2.32. The average Bonchev–Trinajstić information content (AvgIpc) is 2.37. The van der Waals surface area contributed by atoms with E-state index in [0.29, 0.717) is 0 Å². The summed E-state index contributed by atoms with van der Waals surface area (Å²) in [5, 5.41) is 0. The van der Waals surface area contributed by atoms with Crippen molar-refractivity contribution in [1.82, 2.24) is 4.90 Å². The molecule has 1 aliphatic rings. The molecule has 3 heteroatoms. The Morgan fingerprint density at radius 3 is 2.30 bits per heavy atom. The molecule has 0 bridgehead atoms. The highest BCUT2D eigenvalue weighted by Crippen LogP contribution is 2.20. The van der Waals surface area contributed by atoms with Gasteiger partial charge in [0.15, 0.2) is 6.10 Å². The molecule has 0 unspecified atom stereocenters. The summed E-state index contributed by atoms with van der Waals surface area (Å²) in [6.45, 7) is 9.90. The first-order valence-electron chi connectivity index (χ1n) is 7.49. The van der Waals surface area contributed by atoms with Gasteiger partial charge in [-0.2, -0.15) is 0 Å². The van der Waals surface area contributed by atoms with E-state index in [1.54, 1.807) is 0 Å². The molecule has 0 radical (unpaired) electrons. The number of nitrogens with zero attached hydrogens (tertiary/aromatic N) is 1. The zero-order valence-corrected chi connectivity index (χ0v) is 13.0. The Morgan fingerprint density at radius 1 is 1.20 bits per heavy atom. The van der Waals surface area contributed by atoms with E-state index in [1.807, 2.05) is 37.8 Å². The van der Waals surface area contributed by atoms with Gasteiger partial charge in [0.2, 0.25) is 0 Å². The summed E-state index contributed by atoms with van der Waals surface area (Å²) < 4.78 is 5.83. The van der Waals surface area contributed by atoms with Crippen LogP contribution in [0.3, 0.4) is 0 Å². The van der Waals surface area contributed by atoms with Gasteiger partial charge in [-0.05, 0) is 62.8 Å². The number of piperidine rings is 1. The van der Waals surface area contributed by atoms with E-state index >= 15 is 0 Å². The highest BCUT2D eigenvalue weighted by Gasteiger charge is 2.25. The normalized spacial score (nSPS) is 17.9. The molecule has 1 fully saturated rings. The number of ether oxygens (including phenoxy) is 1. The maximum atomic E-state index is 12.4. The molecule has 1 heterocycles. The Hall–Kier alpha value is -1.51. The SMILES string of the molecule is Cc1cc(C)cc(O[C@H](C)C(=O)N2CCC(C)CC2)c1. The molecule has 3 nitrogen and oxygen atoms in total. The van der Waals surface area contributed by atoms with Gasteiger partial charge in [0.05, 0.1) is 0 Å². The van der Waals surface area contributed by atoms with Crippen molar-refractivity contribution in [3.8, 4) is 5.75 Å². The Bertz CT molecular complexity index is 456. The maximum Gasteiger partial charge on any atom is 0.263 e. The number of hydrogen-bond donors (Lipinski definition) is 0. The van der Waals surface area contributed by atoms with Crippen LogP contribution in [0.4, 0.5) is 0 Å². The van der Waals surface area contributed by atoms with Crippen molar-refractivity contribution in [2.24, 2.45) is 5.92 Å². The first-order valence-corrected chi connectivity index (χ1v) is 7.49. The van der Waals surface area contributed by atoms with Gasteiger partial charge < -0.3 is 9.64 Å². The van der Waals surface area contributed by atoms with E-state index in [2.05, 4.69) is 13.0 Å². The summed E-state index contributed by atoms with van der Waals surface area (Å²) in [7, 11) is 0. The molecule has 110 valence electrons. The van der Waals surface area contributed by atoms with Gasteiger partial charge in [0, 0.05) is 13.1 Å². The fraction of sp³-hybridized carbons (Fsp3) is 0.588. The van der Waals surface area contributed by atoms with Crippen LogP contribution >= 0.6 is 0 Å². The van der Waals surface area contributed by atoms with Crippen molar-refractivity contribution in [2.45, 2.75) is 46.6 Å². The molecular formula is C17H25NO2. The van der Waals surface area contributed by atoms with Crippen molar-refractivity contribution in [3.63, 3.8) is 0 Å². The van der Waals surface area contributed by atoms with E-state index in [1.165, 1.54) is 0 Å². The molecule has 0 saturated carbocycles. The predicted molar refractivity (Wildman–Crippen MR) is 81.0 cm³/mol. The molecule has 1 atom stereocenters. The summed E-state index contributed by atoms with van der Waals surface area (Å²) in [5.74, 6) is 1.62. The smallest absolute Gasteiger partial charge is 0.263 e. The van der Waals surface area contributed by atoms with E-state index in [4.69, 9.17) is 4.74 Å². The Morgan fingerprint density at radius 2 is 1.75 bits per heavy atom. The zero-order valence-electron chi connectivity index (χ0n) is 13.0. The molecule has 0 N–H and O–H groups in total. The lowest BCUT2D eigenvalue weighted by atomic mass is 9.99. The first-order chi connectivity index (χ1) is 9.45. The maximum absolute atomic E-state index is 12.4. The minimum absolute atomic E-state index is 0.107. The first kappa shape index (κ1) is 14.9. The molecule has 1 aromatic rings. The number of hydrogen-bond acceptors (Lipinski definition) is 2. The second-order valence-electron chi connectivity index (χ2n) is 6.09. The molecule has 2 rings (SSSR count). The molecule has 1 amide bonds. The van der Waals surface area contributed by atoms with E-state index < -0.39 is 6.10 Å². The van der Waals surface area contributed by atoms with Gasteiger partial charge in [-0.15, -0.1) is 0 Å². The van der Waals surface area contributed by atoms with Crippen molar-refractivity contribution in [2.75, 3.05) is 13.1 Å². The second-order valence-corrected chi connectivity index (χ2v) is 6.09. The topological polar surface area (TPSA) is 29.5 Å². The van der Waals surface area contributed by atoms with Crippen LogP contribution in [0, 0.1) is 19.8 Å². The number of likely N-dealkylation sites (tertiary alicyclic amines) is 1. The van der Waals surface area contributed by atoms with Crippen molar-refractivity contribution in [3.05, 3.63) is 29.3 Å². The molecule has 1 aromatic carbocycles. The fourth-order valence-electron chi connectivity index (χ4n) is 2.74. The zero-order chi connectivity index (χ0) is 14.7. The van der Waals surface area contributed by atoms with Gasteiger partial charge >= 0.3 is 0 Å². The molecule has 0 aromatic heterocycles. The van der Waals surface area contributed by atoms with Gasteiger partial charge in [-0.3, -0.25) is 4.79 Å². The molecule has 0 spiro atoms. The van der Waals surface area contributed by atoms with Crippen molar-refractivity contribution >= 4 is 5.91 Å². The minimum Gasteiger partial charge on any atom is -0.481 e. The van der Waals surface area contributed by atoms with E-state index in [-0.39, 0.29) is 5.91 Å². The number of carbonyl (C=O) groups excluding carboxylic acids is 1. The monoisotopic (exact) mass is 275 g/mol. The predicted octanol–water partition coefficient (Wildman–Crippen LogP) is 3.33. The fourth-order valence-corrected chi connectivity index (χ4v) is 2.74. The van der Waals surface area contributed by atoms with Crippen LogP contribution in [0.2, 0.25) is 0 Å². The lowest BCUT2D eigenvalue weighted by molar-refractivity contribution is -0.139. The summed E-state index contributed by atoms with van der Waals surface area (Å²) in [6, 6.07) is 6.06. The van der Waals surface area contributed by atoms with Crippen LogP contribution in [-0.4, -0.2) is 30.0 Å². The number of aryl methyl sites for hydroxylation is 2. The molecule has 20 heavy (non-hydrogen) atoms.